The molecule has 0 bridgehead atoms. The first-order valence-corrected chi connectivity index (χ1v) is 19.6. The van der Waals surface area contributed by atoms with Crippen molar-refractivity contribution in [3.05, 3.63) is 217 Å². The van der Waals surface area contributed by atoms with Crippen molar-refractivity contribution in [1.29, 1.82) is 0 Å². The van der Waals surface area contributed by atoms with Crippen LogP contribution in [-0.2, 0) is 0 Å². The number of anilines is 2. The maximum absolute atomic E-state index is 2.59. The topological polar surface area (TPSA) is 8.17 Å². The fourth-order valence-electron chi connectivity index (χ4n) is 9.98. The fourth-order valence-corrected chi connectivity index (χ4v) is 9.98. The van der Waals surface area contributed by atoms with Gasteiger partial charge in [-0.05, 0) is 108 Å². The van der Waals surface area contributed by atoms with Crippen LogP contribution in [0.25, 0.3) is 77.2 Å². The summed E-state index contributed by atoms with van der Waals surface area (Å²) < 4.78 is 2.48. The van der Waals surface area contributed by atoms with Crippen LogP contribution in [0.2, 0.25) is 0 Å². The van der Waals surface area contributed by atoms with Crippen molar-refractivity contribution < 1.29 is 0 Å². The van der Waals surface area contributed by atoms with Gasteiger partial charge in [-0.15, -0.1) is 0 Å². The van der Waals surface area contributed by atoms with Gasteiger partial charge in [-0.2, -0.15) is 0 Å². The molecule has 262 valence electrons. The summed E-state index contributed by atoms with van der Waals surface area (Å²) >= 11 is 0. The van der Waals surface area contributed by atoms with Crippen LogP contribution in [0.3, 0.4) is 0 Å². The maximum atomic E-state index is 2.59. The van der Waals surface area contributed by atoms with Gasteiger partial charge in [-0.3, -0.25) is 0 Å². The first kappa shape index (κ1) is 31.2. The van der Waals surface area contributed by atoms with Gasteiger partial charge in [0.25, 0.3) is 0 Å². The molecule has 56 heavy (non-hydrogen) atoms. The van der Waals surface area contributed by atoms with Crippen molar-refractivity contribution in [2.75, 3.05) is 4.90 Å². The molecule has 0 saturated carbocycles. The zero-order valence-electron chi connectivity index (χ0n) is 30.7. The predicted octanol–water partition coefficient (Wildman–Crippen LogP) is 14.1. The Morgan fingerprint density at radius 2 is 0.929 bits per heavy atom. The SMILES string of the molecule is C1=CC2C(c3ccccc3N2c2ccc3c4ccccc4c4ccccc4c3c2)c2c1n(-c1ccc(-c3ccccc3-c3ccccc3)cc1)c1ccccc21. The Hall–Kier alpha value is -7.16. The average molecular weight is 713 g/mol. The highest BCUT2D eigenvalue weighted by molar-refractivity contribution is 6.25. The second-order valence-corrected chi connectivity index (χ2v) is 15.2. The summed E-state index contributed by atoms with van der Waals surface area (Å²) in [5.74, 6) is 0.179. The van der Waals surface area contributed by atoms with Gasteiger partial charge in [0.05, 0.1) is 17.3 Å². The first-order chi connectivity index (χ1) is 27.8. The number of hydrogen-bond donors (Lipinski definition) is 0. The largest absolute Gasteiger partial charge is 0.333 e. The maximum Gasteiger partial charge on any atom is 0.0637 e. The number of benzene rings is 9. The van der Waals surface area contributed by atoms with Crippen LogP contribution in [0.1, 0.15) is 22.7 Å². The molecule has 1 aliphatic carbocycles. The highest BCUT2D eigenvalue weighted by atomic mass is 15.2. The van der Waals surface area contributed by atoms with E-state index >= 15 is 0 Å². The molecule has 2 atom stereocenters. The summed E-state index contributed by atoms with van der Waals surface area (Å²) in [4.78, 5) is 2.59. The molecule has 2 nitrogen and oxygen atoms in total. The molecule has 2 heterocycles. The molecule has 2 aliphatic rings. The quantitative estimate of drug-likeness (QED) is 0.165. The first-order valence-electron chi connectivity index (χ1n) is 19.6. The molecule has 0 amide bonds. The van der Waals surface area contributed by atoms with E-state index < -0.39 is 0 Å². The molecule has 1 aliphatic heterocycles. The molecule has 12 rings (SSSR count). The number of para-hydroxylation sites is 2. The van der Waals surface area contributed by atoms with Crippen LogP contribution in [0.4, 0.5) is 11.4 Å². The van der Waals surface area contributed by atoms with Crippen LogP contribution < -0.4 is 4.90 Å². The second-order valence-electron chi connectivity index (χ2n) is 15.2. The zero-order valence-corrected chi connectivity index (χ0v) is 30.7. The molecule has 9 aromatic carbocycles. The van der Waals surface area contributed by atoms with Crippen molar-refractivity contribution in [3.8, 4) is 27.9 Å². The third kappa shape index (κ3) is 4.50. The van der Waals surface area contributed by atoms with Crippen molar-refractivity contribution in [3.63, 3.8) is 0 Å². The van der Waals surface area contributed by atoms with Gasteiger partial charge in [-0.1, -0.05) is 164 Å². The van der Waals surface area contributed by atoms with Crippen LogP contribution in [0.5, 0.6) is 0 Å². The third-order valence-corrected chi connectivity index (χ3v) is 12.3. The van der Waals surface area contributed by atoms with Crippen molar-refractivity contribution in [2.24, 2.45) is 0 Å². The van der Waals surface area contributed by atoms with Gasteiger partial charge in [0.15, 0.2) is 0 Å². The summed E-state index contributed by atoms with van der Waals surface area (Å²) in [7, 11) is 0. The third-order valence-electron chi connectivity index (χ3n) is 12.3. The van der Waals surface area contributed by atoms with Crippen LogP contribution >= 0.6 is 0 Å². The smallest absolute Gasteiger partial charge is 0.0637 e. The van der Waals surface area contributed by atoms with Crippen LogP contribution in [0.15, 0.2) is 200 Å². The molecule has 1 aromatic heterocycles. The van der Waals surface area contributed by atoms with Crippen molar-refractivity contribution in [1.82, 2.24) is 4.57 Å². The van der Waals surface area contributed by atoms with E-state index in [0.29, 0.717) is 0 Å². The van der Waals surface area contributed by atoms with Gasteiger partial charge in [0.1, 0.15) is 0 Å². The predicted molar refractivity (Wildman–Crippen MR) is 236 cm³/mol. The molecule has 0 fully saturated rings. The van der Waals surface area contributed by atoms with E-state index in [4.69, 9.17) is 0 Å². The van der Waals surface area contributed by atoms with Crippen molar-refractivity contribution in [2.45, 2.75) is 12.0 Å². The standard InChI is InChI=1S/C54H36N2/c1-2-14-35(15-3-1)39-16-4-5-17-40(39)36-26-28-37(29-27-36)55-49-24-12-10-22-46(49)53-51(55)32-33-52-54(53)47-23-11-13-25-50(47)56(52)38-30-31-45-43-20-7-6-18-41(43)42-19-8-9-21-44(42)48(45)34-38/h1-34,52,54H. The molecule has 0 spiro atoms. The van der Waals surface area contributed by atoms with E-state index in [1.165, 1.54) is 99.4 Å². The number of aromatic nitrogens is 1. The highest BCUT2D eigenvalue weighted by Gasteiger charge is 2.43. The normalized spacial score (nSPS) is 15.8. The van der Waals surface area contributed by atoms with E-state index in [2.05, 4.69) is 216 Å². The number of fused-ring (bicyclic) bond motifs is 13. The second kappa shape index (κ2) is 12.2. The summed E-state index contributed by atoms with van der Waals surface area (Å²) in [5.41, 5.74) is 13.9. The van der Waals surface area contributed by atoms with E-state index in [0.717, 1.165) is 0 Å². The van der Waals surface area contributed by atoms with Gasteiger partial charge >= 0.3 is 0 Å². The van der Waals surface area contributed by atoms with Crippen LogP contribution in [0, 0.1) is 0 Å². The molecule has 2 heteroatoms. The summed E-state index contributed by atoms with van der Waals surface area (Å²) in [6.07, 6.45) is 4.84. The molecule has 2 unspecified atom stereocenters. The molecule has 0 N–H and O–H groups in total. The Bertz CT molecular complexity index is 3170. The number of hydrogen-bond acceptors (Lipinski definition) is 1. The van der Waals surface area contributed by atoms with Gasteiger partial charge < -0.3 is 9.47 Å². The molecule has 0 radical (unpaired) electrons. The lowest BCUT2D eigenvalue weighted by Crippen LogP contribution is -2.30. The van der Waals surface area contributed by atoms with Gasteiger partial charge in [0.2, 0.25) is 0 Å². The molecule has 0 saturated heterocycles. The van der Waals surface area contributed by atoms with E-state index in [1.54, 1.807) is 0 Å². The fraction of sp³-hybridized carbons (Fsp3) is 0.0370. The van der Waals surface area contributed by atoms with Crippen LogP contribution in [-0.4, -0.2) is 10.6 Å². The lowest BCUT2D eigenvalue weighted by Gasteiger charge is -2.31. The average Bonchev–Trinajstić information content (AvgIpc) is 3.80. The molecular weight excluding hydrogens is 677 g/mol. The Kier molecular flexibility index (Phi) is 6.79. The van der Waals surface area contributed by atoms with Gasteiger partial charge in [-0.25, -0.2) is 0 Å². The Morgan fingerprint density at radius 3 is 1.64 bits per heavy atom. The number of nitrogens with zero attached hydrogens (tertiary/aromatic N) is 2. The minimum absolute atomic E-state index is 0.139. The minimum atomic E-state index is 0.139. The highest BCUT2D eigenvalue weighted by Crippen LogP contribution is 2.54. The summed E-state index contributed by atoms with van der Waals surface area (Å²) in [6, 6.07) is 71.6. The lowest BCUT2D eigenvalue weighted by atomic mass is 9.82. The summed E-state index contributed by atoms with van der Waals surface area (Å²) in [6.45, 7) is 0. The summed E-state index contributed by atoms with van der Waals surface area (Å²) in [5, 5.41) is 9.11. The van der Waals surface area contributed by atoms with Gasteiger partial charge in [0, 0.05) is 28.4 Å². The molecule has 10 aromatic rings. The lowest BCUT2D eigenvalue weighted by molar-refractivity contribution is 0.726. The number of rotatable bonds is 4. The van der Waals surface area contributed by atoms with E-state index in [1.807, 2.05) is 0 Å². The Balaban J connectivity index is 1.00. The van der Waals surface area contributed by atoms with E-state index in [9.17, 15) is 0 Å². The Labute approximate surface area is 325 Å². The zero-order chi connectivity index (χ0) is 36.7. The monoisotopic (exact) mass is 712 g/mol. The van der Waals surface area contributed by atoms with E-state index in [-0.39, 0.29) is 12.0 Å². The minimum Gasteiger partial charge on any atom is -0.333 e. The Morgan fingerprint density at radius 1 is 0.393 bits per heavy atom. The molecular formula is C54H36N2. The van der Waals surface area contributed by atoms with Crippen molar-refractivity contribution >= 4 is 60.7 Å².